The lowest BCUT2D eigenvalue weighted by Gasteiger charge is -2.36. The molecule has 2 amide bonds. The normalized spacial score (nSPS) is 13.6. The Morgan fingerprint density at radius 2 is 1.59 bits per heavy atom. The molecule has 0 unspecified atom stereocenters. The molecule has 0 bridgehead atoms. The SMILES string of the molecule is Cl.NCc1ccc(C(=O)NCCCC(=O)N2CCN(c3ccccc3)CC2)cc1. The highest BCUT2D eigenvalue weighted by molar-refractivity contribution is 5.94. The van der Waals surface area contributed by atoms with Crippen LogP contribution in [0, 0.1) is 0 Å². The number of halogens is 1. The minimum atomic E-state index is -0.118. The number of carbonyl (C=O) groups excluding carboxylic acids is 2. The van der Waals surface area contributed by atoms with Gasteiger partial charge in [0.1, 0.15) is 0 Å². The number of hydrogen-bond acceptors (Lipinski definition) is 4. The maximum Gasteiger partial charge on any atom is 0.251 e. The monoisotopic (exact) mass is 416 g/mol. The molecule has 29 heavy (non-hydrogen) atoms. The summed E-state index contributed by atoms with van der Waals surface area (Å²) in [6.45, 7) is 4.15. The average molecular weight is 417 g/mol. The Morgan fingerprint density at radius 3 is 2.21 bits per heavy atom. The molecule has 1 aliphatic heterocycles. The number of para-hydroxylation sites is 1. The van der Waals surface area contributed by atoms with Crippen LogP contribution in [-0.4, -0.2) is 49.4 Å². The minimum Gasteiger partial charge on any atom is -0.368 e. The summed E-state index contributed by atoms with van der Waals surface area (Å²) < 4.78 is 0. The number of nitrogens with one attached hydrogen (secondary N) is 1. The molecule has 6 nitrogen and oxygen atoms in total. The van der Waals surface area contributed by atoms with Gasteiger partial charge in [-0.2, -0.15) is 0 Å². The number of hydrogen-bond donors (Lipinski definition) is 2. The van der Waals surface area contributed by atoms with Gasteiger partial charge in [0.05, 0.1) is 0 Å². The fraction of sp³-hybridized carbons (Fsp3) is 0.364. The first-order valence-corrected chi connectivity index (χ1v) is 9.82. The number of piperazine rings is 1. The lowest BCUT2D eigenvalue weighted by molar-refractivity contribution is -0.131. The van der Waals surface area contributed by atoms with E-state index in [9.17, 15) is 9.59 Å². The number of rotatable bonds is 7. The van der Waals surface area contributed by atoms with E-state index in [0.717, 1.165) is 31.7 Å². The zero-order valence-electron chi connectivity index (χ0n) is 16.5. The molecule has 1 aliphatic rings. The Kier molecular flexibility index (Phi) is 8.96. The molecular weight excluding hydrogens is 388 g/mol. The maximum atomic E-state index is 12.4. The lowest BCUT2D eigenvalue weighted by Crippen LogP contribution is -2.48. The summed E-state index contributed by atoms with van der Waals surface area (Å²) in [7, 11) is 0. The summed E-state index contributed by atoms with van der Waals surface area (Å²) in [5, 5.41) is 2.87. The van der Waals surface area contributed by atoms with E-state index in [2.05, 4.69) is 22.3 Å². The van der Waals surface area contributed by atoms with Gasteiger partial charge in [-0.15, -0.1) is 12.4 Å². The molecule has 1 saturated heterocycles. The van der Waals surface area contributed by atoms with Gasteiger partial charge in [-0.1, -0.05) is 30.3 Å². The summed E-state index contributed by atoms with van der Waals surface area (Å²) in [6.07, 6.45) is 1.10. The van der Waals surface area contributed by atoms with E-state index in [-0.39, 0.29) is 24.2 Å². The third kappa shape index (κ3) is 6.48. The lowest BCUT2D eigenvalue weighted by atomic mass is 10.1. The first-order valence-electron chi connectivity index (χ1n) is 9.82. The number of anilines is 1. The van der Waals surface area contributed by atoms with Gasteiger partial charge in [0.2, 0.25) is 5.91 Å². The highest BCUT2D eigenvalue weighted by Gasteiger charge is 2.20. The second kappa shape index (κ2) is 11.4. The summed E-state index contributed by atoms with van der Waals surface area (Å²) in [5.41, 5.74) is 8.37. The number of amides is 2. The number of nitrogens with zero attached hydrogens (tertiary/aromatic N) is 2. The van der Waals surface area contributed by atoms with Gasteiger partial charge in [-0.3, -0.25) is 9.59 Å². The highest BCUT2D eigenvalue weighted by Crippen LogP contribution is 2.16. The van der Waals surface area contributed by atoms with Crippen LogP contribution in [0.3, 0.4) is 0 Å². The molecule has 3 rings (SSSR count). The van der Waals surface area contributed by atoms with Gasteiger partial charge in [-0.25, -0.2) is 0 Å². The summed E-state index contributed by atoms with van der Waals surface area (Å²) >= 11 is 0. The highest BCUT2D eigenvalue weighted by atomic mass is 35.5. The van der Waals surface area contributed by atoms with Gasteiger partial charge in [0, 0.05) is 56.9 Å². The van der Waals surface area contributed by atoms with Crippen molar-refractivity contribution in [2.75, 3.05) is 37.6 Å². The van der Waals surface area contributed by atoms with Gasteiger partial charge in [0.25, 0.3) is 5.91 Å². The Hall–Kier alpha value is -2.57. The van der Waals surface area contributed by atoms with Crippen LogP contribution in [0.5, 0.6) is 0 Å². The zero-order valence-corrected chi connectivity index (χ0v) is 17.4. The first kappa shape index (κ1) is 22.7. The van der Waals surface area contributed by atoms with Crippen LogP contribution in [0.15, 0.2) is 54.6 Å². The Bertz CT molecular complexity index is 775. The fourth-order valence-electron chi connectivity index (χ4n) is 3.35. The van der Waals surface area contributed by atoms with Crippen LogP contribution in [0.25, 0.3) is 0 Å². The van der Waals surface area contributed by atoms with Crippen molar-refractivity contribution in [3.8, 4) is 0 Å². The Morgan fingerprint density at radius 1 is 0.931 bits per heavy atom. The van der Waals surface area contributed by atoms with Crippen molar-refractivity contribution < 1.29 is 9.59 Å². The molecular formula is C22H29ClN4O2. The molecule has 3 N–H and O–H groups in total. The Labute approximate surface area is 178 Å². The largest absolute Gasteiger partial charge is 0.368 e. The van der Waals surface area contributed by atoms with Gasteiger partial charge < -0.3 is 20.9 Å². The fourth-order valence-corrected chi connectivity index (χ4v) is 3.35. The van der Waals surface area contributed by atoms with Gasteiger partial charge in [-0.05, 0) is 36.2 Å². The number of carbonyl (C=O) groups is 2. The van der Waals surface area contributed by atoms with Crippen molar-refractivity contribution in [3.05, 3.63) is 65.7 Å². The van der Waals surface area contributed by atoms with Crippen LogP contribution in [-0.2, 0) is 11.3 Å². The second-order valence-electron chi connectivity index (χ2n) is 6.96. The van der Waals surface area contributed by atoms with Crippen molar-refractivity contribution in [3.63, 3.8) is 0 Å². The van der Waals surface area contributed by atoms with E-state index in [0.29, 0.717) is 31.5 Å². The van der Waals surface area contributed by atoms with Crippen LogP contribution in [0.4, 0.5) is 5.69 Å². The third-order valence-electron chi connectivity index (χ3n) is 5.06. The molecule has 0 radical (unpaired) electrons. The van der Waals surface area contributed by atoms with E-state index in [1.807, 2.05) is 35.2 Å². The van der Waals surface area contributed by atoms with Crippen LogP contribution < -0.4 is 16.0 Å². The van der Waals surface area contributed by atoms with Crippen LogP contribution >= 0.6 is 12.4 Å². The van der Waals surface area contributed by atoms with Crippen molar-refractivity contribution in [1.82, 2.24) is 10.2 Å². The van der Waals surface area contributed by atoms with Gasteiger partial charge in [0.15, 0.2) is 0 Å². The molecule has 0 spiro atoms. The molecule has 0 atom stereocenters. The second-order valence-corrected chi connectivity index (χ2v) is 6.96. The molecule has 7 heteroatoms. The average Bonchev–Trinajstić information content (AvgIpc) is 2.77. The van der Waals surface area contributed by atoms with E-state index in [4.69, 9.17) is 5.73 Å². The molecule has 0 aromatic heterocycles. The third-order valence-corrected chi connectivity index (χ3v) is 5.06. The Balaban J connectivity index is 0.00000300. The standard InChI is InChI=1S/C22H28N4O2.ClH/c23-17-18-8-10-19(11-9-18)22(28)24-12-4-7-21(27)26-15-13-25(14-16-26)20-5-2-1-3-6-20;/h1-3,5-6,8-11H,4,7,12-17,23H2,(H,24,28);1H. The van der Waals surface area contributed by atoms with Crippen molar-refractivity contribution in [2.24, 2.45) is 5.73 Å². The van der Waals surface area contributed by atoms with Crippen molar-refractivity contribution >= 4 is 29.9 Å². The molecule has 0 aliphatic carbocycles. The quantitative estimate of drug-likeness (QED) is 0.679. The number of nitrogens with two attached hydrogens (primary N) is 1. The number of benzene rings is 2. The van der Waals surface area contributed by atoms with Gasteiger partial charge >= 0.3 is 0 Å². The first-order chi connectivity index (χ1) is 13.7. The van der Waals surface area contributed by atoms with E-state index in [1.54, 1.807) is 12.1 Å². The summed E-state index contributed by atoms with van der Waals surface area (Å²) in [6, 6.07) is 17.5. The van der Waals surface area contributed by atoms with E-state index >= 15 is 0 Å². The smallest absolute Gasteiger partial charge is 0.251 e. The minimum absolute atomic E-state index is 0. The van der Waals surface area contributed by atoms with Crippen LogP contribution in [0.1, 0.15) is 28.8 Å². The van der Waals surface area contributed by atoms with Crippen molar-refractivity contribution in [2.45, 2.75) is 19.4 Å². The maximum absolute atomic E-state index is 12.4. The predicted octanol–water partition coefficient (Wildman–Crippen LogP) is 2.43. The molecule has 1 heterocycles. The topological polar surface area (TPSA) is 78.7 Å². The van der Waals surface area contributed by atoms with E-state index < -0.39 is 0 Å². The summed E-state index contributed by atoms with van der Waals surface area (Å²) in [5.74, 6) is 0.0433. The molecule has 0 saturated carbocycles. The zero-order chi connectivity index (χ0) is 19.8. The molecule has 2 aromatic rings. The van der Waals surface area contributed by atoms with Crippen molar-refractivity contribution in [1.29, 1.82) is 0 Å². The molecule has 1 fully saturated rings. The van der Waals surface area contributed by atoms with Crippen LogP contribution in [0.2, 0.25) is 0 Å². The van der Waals surface area contributed by atoms with E-state index in [1.165, 1.54) is 5.69 Å². The molecule has 156 valence electrons. The summed E-state index contributed by atoms with van der Waals surface area (Å²) in [4.78, 5) is 28.8. The molecule has 2 aromatic carbocycles. The predicted molar refractivity (Wildman–Crippen MR) is 118 cm³/mol.